The van der Waals surface area contributed by atoms with E-state index in [9.17, 15) is 4.79 Å². The Labute approximate surface area is 169 Å². The van der Waals surface area contributed by atoms with Crippen LogP contribution in [-0.2, 0) is 11.2 Å². The van der Waals surface area contributed by atoms with E-state index in [4.69, 9.17) is 9.47 Å². The first-order valence-electron chi connectivity index (χ1n) is 10.1. The number of nitrogens with one attached hydrogen (secondary N) is 2. The summed E-state index contributed by atoms with van der Waals surface area (Å²) in [5, 5.41) is 6.59. The summed E-state index contributed by atoms with van der Waals surface area (Å²) >= 11 is 0. The molecule has 0 bridgehead atoms. The lowest BCUT2D eigenvalue weighted by Gasteiger charge is -2.15. The second kappa shape index (κ2) is 13.7. The lowest BCUT2D eigenvalue weighted by Crippen LogP contribution is -2.40. The predicted octanol–water partition coefficient (Wildman–Crippen LogP) is 2.45. The van der Waals surface area contributed by atoms with Crippen LogP contribution in [0.5, 0.6) is 11.5 Å². The second-order valence-electron chi connectivity index (χ2n) is 6.56. The highest BCUT2D eigenvalue weighted by molar-refractivity contribution is 5.84. The summed E-state index contributed by atoms with van der Waals surface area (Å²) in [6.07, 6.45) is 2.96. The number of aliphatic imine (C=N–C) groups is 1. The van der Waals surface area contributed by atoms with Gasteiger partial charge in [-0.1, -0.05) is 19.4 Å². The number of rotatable bonds is 12. The number of carbonyl (C=O) groups is 1. The molecule has 0 spiro atoms. The molecular weight excluding hydrogens is 356 g/mol. The molecule has 0 radical (unpaired) electrons. The molecule has 0 atom stereocenters. The maximum Gasteiger partial charge on any atom is 0.243 e. The predicted molar refractivity (Wildman–Crippen MR) is 114 cm³/mol. The largest absolute Gasteiger partial charge is 0.490 e. The number of hydrogen-bond donors (Lipinski definition) is 2. The molecule has 1 amide bonds. The molecule has 1 rings (SSSR count). The number of guanidine groups is 1. The number of unbranched alkanes of at least 4 members (excludes halogenated alkanes) is 1. The Morgan fingerprint density at radius 3 is 2.36 bits per heavy atom. The molecule has 0 aliphatic heterocycles. The lowest BCUT2D eigenvalue weighted by atomic mass is 10.1. The molecular formula is C21H36N4O3. The number of ether oxygens (including phenoxy) is 2. The molecule has 1 aromatic carbocycles. The highest BCUT2D eigenvalue weighted by atomic mass is 16.5. The Balaban J connectivity index is 2.67. The first-order valence-corrected chi connectivity index (χ1v) is 10.1. The number of carbonyl (C=O) groups excluding carboxylic acids is 1. The zero-order chi connectivity index (χ0) is 20.8. The topological polar surface area (TPSA) is 75.2 Å². The maximum atomic E-state index is 11.8. The summed E-state index contributed by atoms with van der Waals surface area (Å²) in [7, 11) is 3.47. The van der Waals surface area contributed by atoms with Crippen LogP contribution >= 0.6 is 0 Å². The molecule has 2 N–H and O–H groups in total. The fourth-order valence-corrected chi connectivity index (χ4v) is 2.42. The minimum atomic E-state index is -0.0236. The average Bonchev–Trinajstić information content (AvgIpc) is 2.67. The molecule has 0 aromatic heterocycles. The first kappa shape index (κ1) is 23.6. The zero-order valence-electron chi connectivity index (χ0n) is 18.0. The molecule has 0 aliphatic carbocycles. The van der Waals surface area contributed by atoms with Gasteiger partial charge in [-0.05, 0) is 44.4 Å². The van der Waals surface area contributed by atoms with Crippen molar-refractivity contribution in [2.75, 3.05) is 46.9 Å². The summed E-state index contributed by atoms with van der Waals surface area (Å²) in [6.45, 7) is 8.93. The van der Waals surface area contributed by atoms with Crippen LogP contribution in [-0.4, -0.2) is 63.7 Å². The summed E-state index contributed by atoms with van der Waals surface area (Å²) in [5.74, 6) is 2.18. The number of benzene rings is 1. The van der Waals surface area contributed by atoms with Gasteiger partial charge in [0.15, 0.2) is 17.5 Å². The summed E-state index contributed by atoms with van der Waals surface area (Å²) in [6, 6.07) is 6.02. The molecule has 1 aromatic rings. The second-order valence-corrected chi connectivity index (χ2v) is 6.56. The molecule has 0 aliphatic rings. The number of amides is 1. The van der Waals surface area contributed by atoms with Crippen LogP contribution in [0.2, 0.25) is 0 Å². The minimum Gasteiger partial charge on any atom is -0.490 e. The molecule has 28 heavy (non-hydrogen) atoms. The van der Waals surface area contributed by atoms with E-state index in [-0.39, 0.29) is 12.5 Å². The smallest absolute Gasteiger partial charge is 0.243 e. The van der Waals surface area contributed by atoms with E-state index in [1.54, 1.807) is 19.0 Å². The molecule has 7 heteroatoms. The SMILES string of the molecule is CCCCNC(=NCC(=O)N(C)C)NCCc1ccc(OCC)c(OCC)c1. The van der Waals surface area contributed by atoms with Gasteiger partial charge in [0, 0.05) is 27.2 Å². The van der Waals surface area contributed by atoms with Crippen LogP contribution in [0.3, 0.4) is 0 Å². The van der Waals surface area contributed by atoms with E-state index in [0.717, 1.165) is 42.9 Å². The van der Waals surface area contributed by atoms with Crippen LogP contribution in [0.15, 0.2) is 23.2 Å². The van der Waals surface area contributed by atoms with Gasteiger partial charge in [0.2, 0.25) is 5.91 Å². The molecule has 0 heterocycles. The van der Waals surface area contributed by atoms with Crippen molar-refractivity contribution in [1.82, 2.24) is 15.5 Å². The van der Waals surface area contributed by atoms with Crippen molar-refractivity contribution < 1.29 is 14.3 Å². The molecule has 0 unspecified atom stereocenters. The van der Waals surface area contributed by atoms with E-state index < -0.39 is 0 Å². The van der Waals surface area contributed by atoms with Gasteiger partial charge in [-0.2, -0.15) is 0 Å². The van der Waals surface area contributed by atoms with Gasteiger partial charge < -0.3 is 25.0 Å². The van der Waals surface area contributed by atoms with E-state index in [0.29, 0.717) is 25.7 Å². The standard InChI is InChI=1S/C21H36N4O3/c1-6-9-13-22-21(24-16-20(26)25(4)5)23-14-12-17-10-11-18(27-7-2)19(15-17)28-8-3/h10-11,15H,6-9,12-14,16H2,1-5H3,(H2,22,23,24). The van der Waals surface area contributed by atoms with Crippen molar-refractivity contribution in [3.63, 3.8) is 0 Å². The molecule has 7 nitrogen and oxygen atoms in total. The van der Waals surface area contributed by atoms with Gasteiger partial charge in [-0.3, -0.25) is 4.79 Å². The Bertz CT molecular complexity index is 618. The highest BCUT2D eigenvalue weighted by Crippen LogP contribution is 2.28. The van der Waals surface area contributed by atoms with E-state index in [1.807, 2.05) is 32.0 Å². The van der Waals surface area contributed by atoms with Gasteiger partial charge in [0.05, 0.1) is 13.2 Å². The fraction of sp³-hybridized carbons (Fsp3) is 0.619. The van der Waals surface area contributed by atoms with Crippen LogP contribution in [0.1, 0.15) is 39.2 Å². The van der Waals surface area contributed by atoms with Crippen molar-refractivity contribution in [1.29, 1.82) is 0 Å². The Kier molecular flexibility index (Phi) is 11.5. The van der Waals surface area contributed by atoms with E-state index in [2.05, 4.69) is 22.5 Å². The van der Waals surface area contributed by atoms with Gasteiger partial charge >= 0.3 is 0 Å². The number of hydrogen-bond acceptors (Lipinski definition) is 4. The average molecular weight is 393 g/mol. The van der Waals surface area contributed by atoms with Gasteiger partial charge in [-0.15, -0.1) is 0 Å². The Morgan fingerprint density at radius 1 is 1.04 bits per heavy atom. The Morgan fingerprint density at radius 2 is 1.71 bits per heavy atom. The van der Waals surface area contributed by atoms with Crippen molar-refractivity contribution in [2.45, 2.75) is 40.0 Å². The van der Waals surface area contributed by atoms with Gasteiger partial charge in [-0.25, -0.2) is 4.99 Å². The third kappa shape index (κ3) is 8.97. The van der Waals surface area contributed by atoms with Gasteiger partial charge in [0.1, 0.15) is 6.54 Å². The van der Waals surface area contributed by atoms with Crippen LogP contribution in [0, 0.1) is 0 Å². The summed E-state index contributed by atoms with van der Waals surface area (Å²) in [4.78, 5) is 17.7. The summed E-state index contributed by atoms with van der Waals surface area (Å²) < 4.78 is 11.3. The van der Waals surface area contributed by atoms with Crippen LogP contribution in [0.4, 0.5) is 0 Å². The van der Waals surface area contributed by atoms with Gasteiger partial charge in [0.25, 0.3) is 0 Å². The fourth-order valence-electron chi connectivity index (χ4n) is 2.42. The number of nitrogens with zero attached hydrogens (tertiary/aromatic N) is 2. The third-order valence-electron chi connectivity index (χ3n) is 4.01. The normalized spacial score (nSPS) is 11.1. The van der Waals surface area contributed by atoms with Crippen LogP contribution in [0.25, 0.3) is 0 Å². The van der Waals surface area contributed by atoms with Crippen LogP contribution < -0.4 is 20.1 Å². The molecule has 158 valence electrons. The highest BCUT2D eigenvalue weighted by Gasteiger charge is 2.07. The Hall–Kier alpha value is -2.44. The van der Waals surface area contributed by atoms with Crippen molar-refractivity contribution in [2.24, 2.45) is 4.99 Å². The monoisotopic (exact) mass is 392 g/mol. The van der Waals surface area contributed by atoms with Crippen molar-refractivity contribution in [3.05, 3.63) is 23.8 Å². The quantitative estimate of drug-likeness (QED) is 0.325. The summed E-state index contributed by atoms with van der Waals surface area (Å²) in [5.41, 5.74) is 1.15. The minimum absolute atomic E-state index is 0.0236. The maximum absolute atomic E-state index is 11.8. The first-order chi connectivity index (χ1) is 13.5. The molecule has 0 fully saturated rings. The zero-order valence-corrected chi connectivity index (χ0v) is 18.0. The molecule has 0 saturated carbocycles. The lowest BCUT2D eigenvalue weighted by molar-refractivity contribution is -0.127. The van der Waals surface area contributed by atoms with Crippen molar-refractivity contribution in [3.8, 4) is 11.5 Å². The third-order valence-corrected chi connectivity index (χ3v) is 4.01. The number of likely N-dealkylation sites (N-methyl/N-ethyl adjacent to an activating group) is 1. The van der Waals surface area contributed by atoms with Crippen molar-refractivity contribution >= 4 is 11.9 Å². The molecule has 0 saturated heterocycles. The van der Waals surface area contributed by atoms with E-state index in [1.165, 1.54) is 0 Å². The van der Waals surface area contributed by atoms with E-state index >= 15 is 0 Å².